The zero-order chi connectivity index (χ0) is 27.2. The maximum atomic E-state index is 13.2. The number of methoxy groups -OCH3 is 1. The van der Waals surface area contributed by atoms with Crippen molar-refractivity contribution in [2.24, 2.45) is 0 Å². The lowest BCUT2D eigenvalue weighted by Crippen LogP contribution is -2.24. The van der Waals surface area contributed by atoms with Crippen LogP contribution in [0.5, 0.6) is 17.2 Å². The number of carboxylic acids is 1. The average molecular weight is 567 g/mol. The van der Waals surface area contributed by atoms with Gasteiger partial charge < -0.3 is 19.9 Å². The van der Waals surface area contributed by atoms with Crippen LogP contribution in [0.3, 0.4) is 0 Å². The molecule has 37 heavy (non-hydrogen) atoms. The summed E-state index contributed by atoms with van der Waals surface area (Å²) in [6.07, 6.45) is 1.68. The third-order valence-corrected chi connectivity index (χ3v) is 7.20. The summed E-state index contributed by atoms with van der Waals surface area (Å²) in [5.41, 5.74) is 0.108. The fourth-order valence-corrected chi connectivity index (χ4v) is 5.05. The first kappa shape index (κ1) is 28.1. The number of sulfonamides is 1. The van der Waals surface area contributed by atoms with Gasteiger partial charge in [-0.05, 0) is 61.0 Å². The van der Waals surface area contributed by atoms with E-state index in [4.69, 9.17) is 32.7 Å². The minimum Gasteiger partial charge on any atom is -0.493 e. The third-order valence-electron chi connectivity index (χ3n) is 5.12. The molecule has 0 radical (unpaired) electrons. The second-order valence-electron chi connectivity index (χ2n) is 7.77. The molecule has 0 aliphatic rings. The minimum atomic E-state index is -4.23. The molecule has 0 fully saturated rings. The topological polar surface area (TPSA) is 131 Å². The van der Waals surface area contributed by atoms with Gasteiger partial charge in [-0.2, -0.15) is 0 Å². The highest BCUT2D eigenvalue weighted by Crippen LogP contribution is 2.38. The predicted octanol–water partition coefficient (Wildman–Crippen LogP) is 5.82. The quantitative estimate of drug-likeness (QED) is 0.249. The Kier molecular flexibility index (Phi) is 9.25. The molecule has 0 aliphatic heterocycles. The van der Waals surface area contributed by atoms with E-state index in [-0.39, 0.29) is 49.0 Å². The molecule has 196 valence electrons. The number of aromatic carboxylic acids is 1. The van der Waals surface area contributed by atoms with Crippen LogP contribution in [0.25, 0.3) is 0 Å². The molecule has 3 aromatic rings. The highest BCUT2D eigenvalue weighted by molar-refractivity contribution is 7.92. The lowest BCUT2D eigenvalue weighted by molar-refractivity contribution is 0.0696. The normalized spacial score (nSPS) is 11.0. The van der Waals surface area contributed by atoms with Crippen molar-refractivity contribution in [3.63, 3.8) is 0 Å². The number of carboxylic acid groups (broad SMARTS) is 1. The van der Waals surface area contributed by atoms with E-state index < -0.39 is 21.9 Å². The van der Waals surface area contributed by atoms with Crippen LogP contribution in [0.2, 0.25) is 10.0 Å². The van der Waals surface area contributed by atoms with Gasteiger partial charge >= 0.3 is 5.97 Å². The standard InChI is InChI=1S/C25H24Cl2N2O7S/c1-3-4-11-28-24(30)15-5-8-20(36-21-9-6-16(25(31)32)13-22(21)35-2)19(12-15)29-37(33,34)23-10-7-17(26)14-18(23)27/h5-10,12-14,29H,3-4,11H2,1-2H3,(H,28,30)(H,31,32). The van der Waals surface area contributed by atoms with E-state index >= 15 is 0 Å². The van der Waals surface area contributed by atoms with Gasteiger partial charge in [0, 0.05) is 17.1 Å². The van der Waals surface area contributed by atoms with E-state index in [9.17, 15) is 23.1 Å². The zero-order valence-electron chi connectivity index (χ0n) is 19.9. The van der Waals surface area contributed by atoms with Crippen molar-refractivity contribution >= 4 is 50.8 Å². The van der Waals surface area contributed by atoms with E-state index in [1.807, 2.05) is 6.92 Å². The number of carbonyl (C=O) groups excluding carboxylic acids is 1. The second-order valence-corrected chi connectivity index (χ2v) is 10.3. The molecule has 3 aromatic carbocycles. The molecule has 12 heteroatoms. The van der Waals surface area contributed by atoms with Crippen molar-refractivity contribution in [1.29, 1.82) is 0 Å². The van der Waals surface area contributed by atoms with E-state index in [1.165, 1.54) is 61.7 Å². The van der Waals surface area contributed by atoms with Gasteiger partial charge in [0.05, 0.1) is 23.4 Å². The van der Waals surface area contributed by atoms with Crippen molar-refractivity contribution in [2.45, 2.75) is 24.7 Å². The van der Waals surface area contributed by atoms with Crippen molar-refractivity contribution in [2.75, 3.05) is 18.4 Å². The number of rotatable bonds is 11. The fraction of sp³-hybridized carbons (Fsp3) is 0.200. The van der Waals surface area contributed by atoms with Crippen LogP contribution in [0.4, 0.5) is 5.69 Å². The number of nitrogens with one attached hydrogen (secondary N) is 2. The number of ether oxygens (including phenoxy) is 2. The number of halogens is 2. The summed E-state index contributed by atoms with van der Waals surface area (Å²) in [5, 5.41) is 12.2. The molecule has 0 aliphatic carbocycles. The molecule has 0 aromatic heterocycles. The van der Waals surface area contributed by atoms with Gasteiger partial charge in [0.25, 0.3) is 15.9 Å². The molecular weight excluding hydrogens is 543 g/mol. The Morgan fingerprint density at radius 1 is 0.946 bits per heavy atom. The summed E-state index contributed by atoms with van der Waals surface area (Å²) in [6, 6.07) is 12.1. The van der Waals surface area contributed by atoms with Crippen molar-refractivity contribution in [1.82, 2.24) is 5.32 Å². The van der Waals surface area contributed by atoms with Gasteiger partial charge in [-0.25, -0.2) is 13.2 Å². The van der Waals surface area contributed by atoms with Gasteiger partial charge in [0.2, 0.25) is 0 Å². The molecular formula is C25H24Cl2N2O7S. The van der Waals surface area contributed by atoms with Crippen LogP contribution < -0.4 is 19.5 Å². The lowest BCUT2D eigenvalue weighted by Gasteiger charge is -2.17. The first-order chi connectivity index (χ1) is 17.6. The largest absolute Gasteiger partial charge is 0.493 e. The third kappa shape index (κ3) is 7.06. The molecule has 0 atom stereocenters. The first-order valence-electron chi connectivity index (χ1n) is 11.0. The Bertz CT molecular complexity index is 1430. The Labute approximate surface area is 224 Å². The summed E-state index contributed by atoms with van der Waals surface area (Å²) in [5.74, 6) is -1.29. The number of hydrogen-bond donors (Lipinski definition) is 3. The Morgan fingerprint density at radius 3 is 2.30 bits per heavy atom. The maximum Gasteiger partial charge on any atom is 0.335 e. The van der Waals surface area contributed by atoms with Gasteiger partial charge in [0.15, 0.2) is 17.2 Å². The number of benzene rings is 3. The number of amides is 1. The Morgan fingerprint density at radius 2 is 1.65 bits per heavy atom. The molecule has 3 rings (SSSR count). The molecule has 1 amide bonds. The van der Waals surface area contributed by atoms with Crippen LogP contribution in [0, 0.1) is 0 Å². The smallest absolute Gasteiger partial charge is 0.335 e. The SMILES string of the molecule is CCCCNC(=O)c1ccc(Oc2ccc(C(=O)O)cc2OC)c(NS(=O)(=O)c2ccc(Cl)cc2Cl)c1. The molecule has 0 saturated heterocycles. The molecule has 0 unspecified atom stereocenters. The Balaban J connectivity index is 2.04. The van der Waals surface area contributed by atoms with Crippen molar-refractivity contribution in [3.8, 4) is 17.2 Å². The number of anilines is 1. The van der Waals surface area contributed by atoms with Gasteiger partial charge in [-0.15, -0.1) is 0 Å². The van der Waals surface area contributed by atoms with Crippen LogP contribution in [0.15, 0.2) is 59.5 Å². The van der Waals surface area contributed by atoms with Crippen LogP contribution in [-0.2, 0) is 10.0 Å². The fourth-order valence-electron chi connectivity index (χ4n) is 3.22. The van der Waals surface area contributed by atoms with Crippen molar-refractivity contribution < 1.29 is 32.6 Å². The lowest BCUT2D eigenvalue weighted by atomic mass is 10.1. The monoisotopic (exact) mass is 566 g/mol. The molecule has 0 saturated carbocycles. The summed E-state index contributed by atoms with van der Waals surface area (Å²) < 4.78 is 39.9. The number of hydrogen-bond acceptors (Lipinski definition) is 6. The molecule has 0 bridgehead atoms. The highest BCUT2D eigenvalue weighted by Gasteiger charge is 2.22. The maximum absolute atomic E-state index is 13.2. The Hall–Kier alpha value is -3.47. The van der Waals surface area contributed by atoms with E-state index in [2.05, 4.69) is 10.0 Å². The molecule has 0 spiro atoms. The second kappa shape index (κ2) is 12.2. The number of unbranched alkanes of at least 4 members (excludes halogenated alkanes) is 1. The van der Waals surface area contributed by atoms with Crippen LogP contribution in [0.1, 0.15) is 40.5 Å². The minimum absolute atomic E-state index is 0.0263. The van der Waals surface area contributed by atoms with Gasteiger partial charge in [-0.1, -0.05) is 36.5 Å². The summed E-state index contributed by atoms with van der Waals surface area (Å²) in [4.78, 5) is 23.7. The highest BCUT2D eigenvalue weighted by atomic mass is 35.5. The first-order valence-corrected chi connectivity index (χ1v) is 13.3. The summed E-state index contributed by atoms with van der Waals surface area (Å²) in [6.45, 7) is 2.45. The van der Waals surface area contributed by atoms with Crippen LogP contribution in [-0.4, -0.2) is 39.1 Å². The van der Waals surface area contributed by atoms with Gasteiger partial charge in [-0.3, -0.25) is 9.52 Å². The predicted molar refractivity (Wildman–Crippen MR) is 141 cm³/mol. The average Bonchev–Trinajstić information content (AvgIpc) is 2.84. The van der Waals surface area contributed by atoms with E-state index in [1.54, 1.807) is 0 Å². The molecule has 3 N–H and O–H groups in total. The van der Waals surface area contributed by atoms with Crippen LogP contribution >= 0.6 is 23.2 Å². The van der Waals surface area contributed by atoms with Gasteiger partial charge in [0.1, 0.15) is 4.90 Å². The molecule has 9 nitrogen and oxygen atoms in total. The molecule has 0 heterocycles. The van der Waals surface area contributed by atoms with Crippen molar-refractivity contribution in [3.05, 3.63) is 75.8 Å². The summed E-state index contributed by atoms with van der Waals surface area (Å²) in [7, 11) is -2.90. The summed E-state index contributed by atoms with van der Waals surface area (Å²) >= 11 is 12.0. The van der Waals surface area contributed by atoms with E-state index in [0.717, 1.165) is 12.8 Å². The number of carbonyl (C=O) groups is 2. The van der Waals surface area contributed by atoms with E-state index in [0.29, 0.717) is 6.54 Å². The zero-order valence-corrected chi connectivity index (χ0v) is 22.2.